The molecular weight excluding hydrogens is 530 g/mol. The maximum Gasteiger partial charge on any atom is 0.245 e. The van der Waals surface area contributed by atoms with Crippen molar-refractivity contribution in [3.63, 3.8) is 0 Å². The highest BCUT2D eigenvalue weighted by atomic mass is 19.2. The summed E-state index contributed by atoms with van der Waals surface area (Å²) in [7, 11) is 0. The van der Waals surface area contributed by atoms with E-state index in [9.17, 15) is 28.0 Å². The first-order valence-electron chi connectivity index (χ1n) is 14.3. The van der Waals surface area contributed by atoms with Gasteiger partial charge < -0.3 is 20.4 Å². The molecule has 3 aliphatic heterocycles. The number of piperidine rings is 2. The van der Waals surface area contributed by atoms with E-state index in [-0.39, 0.29) is 54.0 Å². The summed E-state index contributed by atoms with van der Waals surface area (Å²) in [5.74, 6) is -3.09. The number of carbonyl (C=O) groups is 4. The maximum absolute atomic E-state index is 14.3. The van der Waals surface area contributed by atoms with E-state index in [0.29, 0.717) is 38.9 Å². The number of hydrogen-bond acceptors (Lipinski definition) is 4. The lowest BCUT2D eigenvalue weighted by Crippen LogP contribution is -2.64. The number of likely N-dealkylation sites (tertiary alicyclic amines) is 1. The van der Waals surface area contributed by atoms with Crippen LogP contribution in [0.5, 0.6) is 0 Å². The van der Waals surface area contributed by atoms with Gasteiger partial charge in [-0.25, -0.2) is 8.78 Å². The van der Waals surface area contributed by atoms with E-state index in [1.54, 1.807) is 11.8 Å². The second-order valence-electron chi connectivity index (χ2n) is 11.5. The quantitative estimate of drug-likeness (QED) is 0.595. The molecule has 2 aromatic rings. The summed E-state index contributed by atoms with van der Waals surface area (Å²) in [5, 5.41) is 5.62. The fraction of sp³-hybridized carbons (Fsp3) is 0.484. The third kappa shape index (κ3) is 6.57. The van der Waals surface area contributed by atoms with Crippen LogP contribution in [0.15, 0.2) is 48.5 Å². The molecule has 0 spiro atoms. The Hall–Kier alpha value is -3.82. The molecule has 4 amide bonds. The summed E-state index contributed by atoms with van der Waals surface area (Å²) in [6.07, 6.45) is 2.24. The number of fused-ring (bicyclic) bond motifs is 4. The molecule has 5 rings (SSSR count). The number of benzene rings is 2. The minimum atomic E-state index is -1.01. The number of nitrogens with zero attached hydrogens (tertiary/aromatic N) is 2. The van der Waals surface area contributed by atoms with Crippen LogP contribution in [-0.2, 0) is 32.0 Å². The van der Waals surface area contributed by atoms with Gasteiger partial charge in [-0.05, 0) is 49.7 Å². The van der Waals surface area contributed by atoms with Crippen LogP contribution in [0.4, 0.5) is 8.78 Å². The van der Waals surface area contributed by atoms with E-state index in [4.69, 9.17) is 0 Å². The first-order chi connectivity index (χ1) is 19.7. The highest BCUT2D eigenvalue weighted by Crippen LogP contribution is 2.36. The summed E-state index contributed by atoms with van der Waals surface area (Å²) in [6, 6.07) is 11.5. The summed E-state index contributed by atoms with van der Waals surface area (Å²) >= 11 is 0. The van der Waals surface area contributed by atoms with Crippen molar-refractivity contribution in [2.45, 2.75) is 63.6 Å². The van der Waals surface area contributed by atoms with Gasteiger partial charge in [0.15, 0.2) is 11.6 Å². The molecule has 0 aromatic heterocycles. The minimum Gasteiger partial charge on any atom is -0.345 e. The lowest BCUT2D eigenvalue weighted by molar-refractivity contribution is -0.148. The number of nitrogens with one attached hydrogen (secondary N) is 2. The molecule has 8 nitrogen and oxygen atoms in total. The van der Waals surface area contributed by atoms with Gasteiger partial charge in [-0.15, -0.1) is 0 Å². The zero-order chi connectivity index (χ0) is 29.1. The van der Waals surface area contributed by atoms with Crippen molar-refractivity contribution in [3.05, 3.63) is 71.3 Å². The van der Waals surface area contributed by atoms with E-state index in [0.717, 1.165) is 18.1 Å². The number of carbonyl (C=O) groups excluding carboxylic acids is 4. The average molecular weight is 567 g/mol. The maximum atomic E-state index is 14.3. The van der Waals surface area contributed by atoms with Gasteiger partial charge in [-0.1, -0.05) is 42.5 Å². The van der Waals surface area contributed by atoms with Crippen LogP contribution >= 0.6 is 0 Å². The Morgan fingerprint density at radius 3 is 2.54 bits per heavy atom. The molecule has 0 aliphatic carbocycles. The number of halogens is 2. The van der Waals surface area contributed by atoms with Crippen molar-refractivity contribution in [1.29, 1.82) is 0 Å². The molecule has 2 aromatic carbocycles. The second-order valence-corrected chi connectivity index (χ2v) is 11.5. The van der Waals surface area contributed by atoms with Crippen molar-refractivity contribution < 1.29 is 28.0 Å². The molecule has 41 heavy (non-hydrogen) atoms. The van der Waals surface area contributed by atoms with Gasteiger partial charge in [-0.3, -0.25) is 19.2 Å². The Labute approximate surface area is 238 Å². The normalized spacial score (nSPS) is 27.2. The SMILES string of the molecule is C[C@H]1NC(=O)CCC[C@H]2[C@@H]3C[C@@H](CN(C(=O)Cc4cccc(F)c4F)C3)CN2C(=O)[C@H](Cc2ccccc2)NC1=O. The minimum absolute atomic E-state index is 0.0125. The lowest BCUT2D eigenvalue weighted by Gasteiger charge is -2.51. The number of rotatable bonds is 4. The molecule has 0 saturated carbocycles. The average Bonchev–Trinajstić information content (AvgIpc) is 2.95. The molecule has 3 saturated heterocycles. The molecule has 0 unspecified atom stereocenters. The van der Waals surface area contributed by atoms with Crippen LogP contribution in [0.25, 0.3) is 0 Å². The van der Waals surface area contributed by atoms with E-state index in [1.807, 2.05) is 35.2 Å². The smallest absolute Gasteiger partial charge is 0.245 e. The molecule has 3 fully saturated rings. The Kier molecular flexibility index (Phi) is 8.65. The van der Waals surface area contributed by atoms with E-state index < -0.39 is 29.6 Å². The van der Waals surface area contributed by atoms with Crippen LogP contribution in [0.2, 0.25) is 0 Å². The summed E-state index contributed by atoms with van der Waals surface area (Å²) in [6.45, 7) is 2.83. The van der Waals surface area contributed by atoms with Gasteiger partial charge in [-0.2, -0.15) is 0 Å². The van der Waals surface area contributed by atoms with Gasteiger partial charge in [0.1, 0.15) is 12.1 Å². The molecule has 0 radical (unpaired) electrons. The molecule has 10 heteroatoms. The largest absolute Gasteiger partial charge is 0.345 e. The molecule has 5 atom stereocenters. The Morgan fingerprint density at radius 2 is 1.76 bits per heavy atom. The zero-order valence-corrected chi connectivity index (χ0v) is 23.2. The molecule has 218 valence electrons. The summed E-state index contributed by atoms with van der Waals surface area (Å²) in [5.41, 5.74) is 0.929. The van der Waals surface area contributed by atoms with Gasteiger partial charge >= 0.3 is 0 Å². The van der Waals surface area contributed by atoms with E-state index in [2.05, 4.69) is 10.6 Å². The highest BCUT2D eigenvalue weighted by molar-refractivity contribution is 5.92. The molecule has 3 heterocycles. The van der Waals surface area contributed by atoms with E-state index >= 15 is 0 Å². The molecule has 2 bridgehead atoms. The van der Waals surface area contributed by atoms with Crippen LogP contribution in [0, 0.1) is 23.5 Å². The number of amides is 4. The van der Waals surface area contributed by atoms with Crippen LogP contribution in [0.3, 0.4) is 0 Å². The fourth-order valence-electron chi connectivity index (χ4n) is 6.53. The first kappa shape index (κ1) is 28.7. The lowest BCUT2D eigenvalue weighted by atomic mass is 9.77. The molecule has 3 aliphatic rings. The summed E-state index contributed by atoms with van der Waals surface area (Å²) < 4.78 is 28.0. The second kappa shape index (κ2) is 12.4. The van der Waals surface area contributed by atoms with Crippen molar-refractivity contribution in [2.24, 2.45) is 11.8 Å². The van der Waals surface area contributed by atoms with Gasteiger partial charge in [0.05, 0.1) is 6.42 Å². The third-order valence-corrected chi connectivity index (χ3v) is 8.55. The van der Waals surface area contributed by atoms with Crippen LogP contribution in [-0.4, -0.2) is 71.2 Å². The van der Waals surface area contributed by atoms with Crippen molar-refractivity contribution in [1.82, 2.24) is 20.4 Å². The van der Waals surface area contributed by atoms with Crippen molar-refractivity contribution >= 4 is 23.6 Å². The summed E-state index contributed by atoms with van der Waals surface area (Å²) in [4.78, 5) is 56.5. The topological polar surface area (TPSA) is 98.8 Å². The van der Waals surface area contributed by atoms with Crippen molar-refractivity contribution in [3.8, 4) is 0 Å². The van der Waals surface area contributed by atoms with Crippen molar-refractivity contribution in [2.75, 3.05) is 19.6 Å². The monoisotopic (exact) mass is 566 g/mol. The van der Waals surface area contributed by atoms with Gasteiger partial charge in [0.25, 0.3) is 0 Å². The molecule has 2 N–H and O–H groups in total. The van der Waals surface area contributed by atoms with E-state index in [1.165, 1.54) is 12.1 Å². The van der Waals surface area contributed by atoms with Crippen LogP contribution < -0.4 is 10.6 Å². The highest BCUT2D eigenvalue weighted by Gasteiger charge is 2.45. The van der Waals surface area contributed by atoms with Crippen LogP contribution in [0.1, 0.15) is 43.7 Å². The van der Waals surface area contributed by atoms with Gasteiger partial charge in [0, 0.05) is 44.1 Å². The fourth-order valence-corrected chi connectivity index (χ4v) is 6.53. The number of hydrogen-bond donors (Lipinski definition) is 2. The third-order valence-electron chi connectivity index (χ3n) is 8.55. The molecular formula is C31H36F2N4O4. The Bertz CT molecular complexity index is 1310. The zero-order valence-electron chi connectivity index (χ0n) is 23.2. The Balaban J connectivity index is 1.38. The first-order valence-corrected chi connectivity index (χ1v) is 14.3. The standard InChI is InChI=1S/C31H36F2N4O4/c1-19-30(40)35-25(14-20-7-3-2-4-8-20)31(41)37-17-21-13-23(26(37)11-6-12-27(38)34-19)18-36(16-21)28(39)15-22-9-5-10-24(32)29(22)33/h2-5,7-10,19,21,23,25-26H,6,11-18H2,1H3,(H,34,38)(H,35,40)/t19-,21+,23-,25+,26+/m1/s1. The predicted octanol–water partition coefficient (Wildman–Crippen LogP) is 2.60. The van der Waals surface area contributed by atoms with Gasteiger partial charge in [0.2, 0.25) is 23.6 Å². The Morgan fingerprint density at radius 1 is 0.976 bits per heavy atom. The predicted molar refractivity (Wildman–Crippen MR) is 147 cm³/mol.